The fourth-order valence-electron chi connectivity index (χ4n) is 3.36. The van der Waals surface area contributed by atoms with E-state index in [1.54, 1.807) is 0 Å². The molecule has 5 heteroatoms. The van der Waals surface area contributed by atoms with Crippen molar-refractivity contribution in [2.75, 3.05) is 26.2 Å². The molecule has 0 radical (unpaired) electrons. The van der Waals surface area contributed by atoms with Crippen LogP contribution in [0.4, 0.5) is 0 Å². The lowest BCUT2D eigenvalue weighted by atomic mass is 10.1. The number of nitrogens with zero attached hydrogens (tertiary/aromatic N) is 1. The Balaban J connectivity index is 1.91. The van der Waals surface area contributed by atoms with Gasteiger partial charge in [-0.15, -0.1) is 0 Å². The standard InChI is InChI=1S/C17H28N2O2S/c1-14-12-15(2)17(16(3)13-14)22(20,21)18-8-7-11-19-9-5-4-6-10-19/h12-13,18H,4-11H2,1-3H3. The molecule has 1 aliphatic rings. The SMILES string of the molecule is Cc1cc(C)c(S(=O)(=O)NCCCN2CCCCC2)c(C)c1. The molecule has 0 bridgehead atoms. The molecule has 0 aliphatic carbocycles. The third-order valence-corrected chi connectivity index (χ3v) is 6.03. The van der Waals surface area contributed by atoms with E-state index >= 15 is 0 Å². The molecule has 0 spiro atoms. The van der Waals surface area contributed by atoms with Gasteiger partial charge >= 0.3 is 0 Å². The molecule has 4 nitrogen and oxygen atoms in total. The number of aryl methyl sites for hydroxylation is 3. The van der Waals surface area contributed by atoms with Crippen LogP contribution in [0.1, 0.15) is 42.4 Å². The minimum atomic E-state index is -3.41. The van der Waals surface area contributed by atoms with Crippen LogP contribution in [0.2, 0.25) is 0 Å². The second kappa shape index (κ2) is 7.57. The van der Waals surface area contributed by atoms with Gasteiger partial charge in [0.05, 0.1) is 4.90 Å². The molecule has 0 saturated carbocycles. The van der Waals surface area contributed by atoms with Gasteiger partial charge in [-0.1, -0.05) is 24.1 Å². The maximum atomic E-state index is 12.5. The minimum Gasteiger partial charge on any atom is -0.303 e. The van der Waals surface area contributed by atoms with E-state index in [1.807, 2.05) is 32.9 Å². The predicted octanol–water partition coefficient (Wildman–Crippen LogP) is 2.77. The smallest absolute Gasteiger partial charge is 0.241 e. The number of benzene rings is 1. The van der Waals surface area contributed by atoms with Gasteiger partial charge < -0.3 is 4.90 Å². The summed E-state index contributed by atoms with van der Waals surface area (Å²) in [6, 6.07) is 3.85. The highest BCUT2D eigenvalue weighted by atomic mass is 32.2. The van der Waals surface area contributed by atoms with Crippen LogP contribution in [0.3, 0.4) is 0 Å². The highest BCUT2D eigenvalue weighted by Gasteiger charge is 2.19. The summed E-state index contributed by atoms with van der Waals surface area (Å²) in [5, 5.41) is 0. The Bertz CT molecular complexity index is 582. The molecule has 2 rings (SSSR count). The third kappa shape index (κ3) is 4.54. The van der Waals surface area contributed by atoms with Crippen LogP contribution in [0, 0.1) is 20.8 Å². The Hall–Kier alpha value is -0.910. The lowest BCUT2D eigenvalue weighted by Gasteiger charge is -2.26. The first-order valence-electron chi connectivity index (χ1n) is 8.20. The Morgan fingerprint density at radius 1 is 1.05 bits per heavy atom. The molecule has 1 heterocycles. The molecular weight excluding hydrogens is 296 g/mol. The van der Waals surface area contributed by atoms with Crippen molar-refractivity contribution in [2.45, 2.75) is 51.3 Å². The molecule has 1 aromatic rings. The summed E-state index contributed by atoms with van der Waals surface area (Å²) in [5.74, 6) is 0. The van der Waals surface area contributed by atoms with Crippen molar-refractivity contribution in [2.24, 2.45) is 0 Å². The van der Waals surface area contributed by atoms with Crippen LogP contribution >= 0.6 is 0 Å². The van der Waals surface area contributed by atoms with E-state index in [2.05, 4.69) is 9.62 Å². The second-order valence-electron chi connectivity index (χ2n) is 6.38. The first-order chi connectivity index (χ1) is 10.4. The molecule has 0 aromatic heterocycles. The van der Waals surface area contributed by atoms with Crippen molar-refractivity contribution in [1.82, 2.24) is 9.62 Å². The normalized spacial score (nSPS) is 16.9. The van der Waals surface area contributed by atoms with E-state index in [0.717, 1.165) is 42.7 Å². The summed E-state index contributed by atoms with van der Waals surface area (Å²) in [5.41, 5.74) is 2.74. The van der Waals surface area contributed by atoms with E-state index in [9.17, 15) is 8.42 Å². The van der Waals surface area contributed by atoms with E-state index in [1.165, 1.54) is 19.3 Å². The van der Waals surface area contributed by atoms with Gasteiger partial charge in [-0.05, 0) is 70.8 Å². The zero-order valence-electron chi connectivity index (χ0n) is 14.0. The van der Waals surface area contributed by atoms with Crippen molar-refractivity contribution in [3.05, 3.63) is 28.8 Å². The zero-order valence-corrected chi connectivity index (χ0v) is 14.8. The number of nitrogens with one attached hydrogen (secondary N) is 1. The van der Waals surface area contributed by atoms with Crippen LogP contribution in [0.15, 0.2) is 17.0 Å². The minimum absolute atomic E-state index is 0.441. The van der Waals surface area contributed by atoms with E-state index in [4.69, 9.17) is 0 Å². The average molecular weight is 324 g/mol. The Labute approximate surface area is 135 Å². The highest BCUT2D eigenvalue weighted by Crippen LogP contribution is 2.21. The van der Waals surface area contributed by atoms with Crippen molar-refractivity contribution >= 4 is 10.0 Å². The Morgan fingerprint density at radius 2 is 1.64 bits per heavy atom. The van der Waals surface area contributed by atoms with Gasteiger partial charge in [0.15, 0.2) is 0 Å². The fourth-order valence-corrected chi connectivity index (χ4v) is 4.88. The molecule has 0 atom stereocenters. The van der Waals surface area contributed by atoms with Crippen LogP contribution in [0.25, 0.3) is 0 Å². The van der Waals surface area contributed by atoms with Crippen LogP contribution < -0.4 is 4.72 Å². The van der Waals surface area contributed by atoms with E-state index in [-0.39, 0.29) is 0 Å². The molecule has 1 aromatic carbocycles. The van der Waals surface area contributed by atoms with Gasteiger partial charge in [-0.25, -0.2) is 13.1 Å². The lowest BCUT2D eigenvalue weighted by molar-refractivity contribution is 0.227. The lowest BCUT2D eigenvalue weighted by Crippen LogP contribution is -2.33. The largest absolute Gasteiger partial charge is 0.303 e. The number of likely N-dealkylation sites (tertiary alicyclic amines) is 1. The maximum absolute atomic E-state index is 12.5. The molecule has 0 unspecified atom stereocenters. The summed E-state index contributed by atoms with van der Waals surface area (Å²) in [4.78, 5) is 2.87. The van der Waals surface area contributed by atoms with Gasteiger partial charge in [0.1, 0.15) is 0 Å². The molecule has 1 N–H and O–H groups in total. The second-order valence-corrected chi connectivity index (χ2v) is 8.09. The fraction of sp³-hybridized carbons (Fsp3) is 0.647. The van der Waals surface area contributed by atoms with Crippen molar-refractivity contribution in [1.29, 1.82) is 0 Å². The first kappa shape index (κ1) is 17.4. The highest BCUT2D eigenvalue weighted by molar-refractivity contribution is 7.89. The average Bonchev–Trinajstić information content (AvgIpc) is 2.43. The summed E-state index contributed by atoms with van der Waals surface area (Å²) in [6.45, 7) is 9.51. The van der Waals surface area contributed by atoms with E-state index in [0.29, 0.717) is 11.4 Å². The maximum Gasteiger partial charge on any atom is 0.241 e. The van der Waals surface area contributed by atoms with Gasteiger partial charge in [-0.3, -0.25) is 0 Å². The molecule has 22 heavy (non-hydrogen) atoms. The quantitative estimate of drug-likeness (QED) is 0.819. The zero-order chi connectivity index (χ0) is 16.2. The van der Waals surface area contributed by atoms with Crippen LogP contribution in [-0.2, 0) is 10.0 Å². The van der Waals surface area contributed by atoms with E-state index < -0.39 is 10.0 Å². The van der Waals surface area contributed by atoms with Gasteiger partial charge in [0.2, 0.25) is 10.0 Å². The van der Waals surface area contributed by atoms with Gasteiger partial charge in [0.25, 0.3) is 0 Å². The summed E-state index contributed by atoms with van der Waals surface area (Å²) in [7, 11) is -3.41. The number of sulfonamides is 1. The number of hydrogen-bond donors (Lipinski definition) is 1. The molecule has 1 fully saturated rings. The summed E-state index contributed by atoms with van der Waals surface area (Å²) < 4.78 is 27.8. The summed E-state index contributed by atoms with van der Waals surface area (Å²) in [6.07, 6.45) is 4.74. The molecule has 0 amide bonds. The molecular formula is C17H28N2O2S. The monoisotopic (exact) mass is 324 g/mol. The first-order valence-corrected chi connectivity index (χ1v) is 9.68. The number of rotatable bonds is 6. The van der Waals surface area contributed by atoms with Crippen molar-refractivity contribution < 1.29 is 8.42 Å². The van der Waals surface area contributed by atoms with Crippen molar-refractivity contribution in [3.63, 3.8) is 0 Å². The third-order valence-electron chi connectivity index (χ3n) is 4.27. The van der Waals surface area contributed by atoms with Crippen molar-refractivity contribution in [3.8, 4) is 0 Å². The van der Waals surface area contributed by atoms with Gasteiger partial charge in [0, 0.05) is 6.54 Å². The molecule has 1 saturated heterocycles. The molecule has 1 aliphatic heterocycles. The topological polar surface area (TPSA) is 49.4 Å². The van der Waals surface area contributed by atoms with Crippen LogP contribution in [0.5, 0.6) is 0 Å². The Kier molecular flexibility index (Phi) is 6.01. The predicted molar refractivity (Wildman–Crippen MR) is 90.7 cm³/mol. The van der Waals surface area contributed by atoms with Crippen LogP contribution in [-0.4, -0.2) is 39.5 Å². The Morgan fingerprint density at radius 3 is 2.23 bits per heavy atom. The number of piperidine rings is 1. The summed E-state index contributed by atoms with van der Waals surface area (Å²) >= 11 is 0. The van der Waals surface area contributed by atoms with Gasteiger partial charge in [-0.2, -0.15) is 0 Å². The number of hydrogen-bond acceptors (Lipinski definition) is 3. The molecule has 124 valence electrons.